The molecule has 1 N–H and O–H groups in total. The van der Waals surface area contributed by atoms with Crippen molar-refractivity contribution in [2.24, 2.45) is 0 Å². The fraction of sp³-hybridized carbons (Fsp3) is 0.476. The van der Waals surface area contributed by atoms with Gasteiger partial charge in [-0.25, -0.2) is 9.78 Å². The SMILES string of the molecule is Cc1nc(-c2ccccc2)sc1CN1C(=O)NC2(CCCCCCC2)C1=O. The Labute approximate surface area is 163 Å². The number of hydrogen-bond donors (Lipinski definition) is 1. The lowest BCUT2D eigenvalue weighted by molar-refractivity contribution is -0.132. The third kappa shape index (κ3) is 3.50. The van der Waals surface area contributed by atoms with E-state index in [4.69, 9.17) is 0 Å². The summed E-state index contributed by atoms with van der Waals surface area (Å²) in [4.78, 5) is 32.8. The van der Waals surface area contributed by atoms with E-state index in [-0.39, 0.29) is 11.9 Å². The summed E-state index contributed by atoms with van der Waals surface area (Å²) < 4.78 is 0. The number of urea groups is 1. The second-order valence-corrected chi connectivity index (χ2v) is 8.65. The Morgan fingerprint density at radius 1 is 1.07 bits per heavy atom. The molecule has 2 heterocycles. The Morgan fingerprint density at radius 3 is 2.44 bits per heavy atom. The summed E-state index contributed by atoms with van der Waals surface area (Å²) in [7, 11) is 0. The molecule has 0 unspecified atom stereocenters. The number of nitrogens with one attached hydrogen (secondary N) is 1. The van der Waals surface area contributed by atoms with Gasteiger partial charge in [0.1, 0.15) is 10.5 Å². The summed E-state index contributed by atoms with van der Waals surface area (Å²) >= 11 is 1.56. The van der Waals surface area contributed by atoms with Gasteiger partial charge < -0.3 is 5.32 Å². The predicted molar refractivity (Wildman–Crippen MR) is 106 cm³/mol. The number of hydrogen-bond acceptors (Lipinski definition) is 4. The minimum atomic E-state index is -0.682. The van der Waals surface area contributed by atoms with Gasteiger partial charge in [-0.3, -0.25) is 9.69 Å². The standard InChI is InChI=1S/C21H25N3O2S/c1-15-17(27-18(22-15)16-10-6-5-7-11-16)14-24-19(25)21(23-20(24)26)12-8-3-2-4-9-13-21/h5-7,10-11H,2-4,8-9,12-14H2,1H3,(H,23,26). The molecular weight excluding hydrogens is 358 g/mol. The molecule has 1 saturated heterocycles. The molecule has 2 aliphatic rings. The molecule has 2 aromatic rings. The van der Waals surface area contributed by atoms with Crippen LogP contribution in [0.4, 0.5) is 4.79 Å². The minimum absolute atomic E-state index is 0.0524. The molecule has 1 aromatic carbocycles. The average Bonchev–Trinajstić information content (AvgIpc) is 3.13. The summed E-state index contributed by atoms with van der Waals surface area (Å²) in [6.07, 6.45) is 7.01. The maximum Gasteiger partial charge on any atom is 0.325 e. The lowest BCUT2D eigenvalue weighted by Crippen LogP contribution is -2.47. The predicted octanol–water partition coefficient (Wildman–Crippen LogP) is 4.65. The quantitative estimate of drug-likeness (QED) is 0.785. The summed E-state index contributed by atoms with van der Waals surface area (Å²) in [6.45, 7) is 2.26. The van der Waals surface area contributed by atoms with Gasteiger partial charge in [0.25, 0.3) is 5.91 Å². The second kappa shape index (κ2) is 7.43. The fourth-order valence-electron chi connectivity index (χ4n) is 4.09. The fourth-order valence-corrected chi connectivity index (χ4v) is 5.15. The van der Waals surface area contributed by atoms with Crippen LogP contribution in [0.1, 0.15) is 55.5 Å². The van der Waals surface area contributed by atoms with Crippen molar-refractivity contribution < 1.29 is 9.59 Å². The highest BCUT2D eigenvalue weighted by molar-refractivity contribution is 7.15. The number of carbonyl (C=O) groups is 2. The summed E-state index contributed by atoms with van der Waals surface area (Å²) in [5.41, 5.74) is 1.27. The molecule has 4 rings (SSSR count). The van der Waals surface area contributed by atoms with E-state index in [2.05, 4.69) is 10.3 Å². The topological polar surface area (TPSA) is 62.3 Å². The van der Waals surface area contributed by atoms with E-state index in [1.807, 2.05) is 37.3 Å². The molecule has 0 radical (unpaired) electrons. The third-order valence-corrected chi connectivity index (χ3v) is 6.86. The number of carbonyl (C=O) groups excluding carboxylic acids is 2. The maximum absolute atomic E-state index is 13.2. The number of aromatic nitrogens is 1. The zero-order chi connectivity index (χ0) is 18.9. The van der Waals surface area contributed by atoms with Crippen LogP contribution in [-0.2, 0) is 11.3 Å². The number of nitrogens with zero attached hydrogens (tertiary/aromatic N) is 2. The first-order valence-electron chi connectivity index (χ1n) is 9.75. The van der Waals surface area contributed by atoms with Gasteiger partial charge in [0.05, 0.1) is 12.2 Å². The van der Waals surface area contributed by atoms with Gasteiger partial charge in [-0.2, -0.15) is 0 Å². The molecule has 3 amide bonds. The van der Waals surface area contributed by atoms with E-state index >= 15 is 0 Å². The Morgan fingerprint density at radius 2 is 1.74 bits per heavy atom. The largest absolute Gasteiger partial charge is 0.325 e. The van der Waals surface area contributed by atoms with Crippen molar-refractivity contribution in [3.8, 4) is 10.6 Å². The molecule has 1 aliphatic carbocycles. The number of rotatable bonds is 3. The van der Waals surface area contributed by atoms with Crippen molar-refractivity contribution in [1.29, 1.82) is 0 Å². The molecular formula is C21H25N3O2S. The molecule has 1 aliphatic heterocycles. The van der Waals surface area contributed by atoms with Gasteiger partial charge in [0.2, 0.25) is 0 Å². The smallest absolute Gasteiger partial charge is 0.323 e. The van der Waals surface area contributed by atoms with Crippen molar-refractivity contribution in [2.75, 3.05) is 0 Å². The summed E-state index contributed by atoms with van der Waals surface area (Å²) in [5, 5.41) is 3.96. The Bertz CT molecular complexity index is 838. The minimum Gasteiger partial charge on any atom is -0.323 e. The third-order valence-electron chi connectivity index (χ3n) is 5.67. The van der Waals surface area contributed by atoms with Crippen LogP contribution in [0.5, 0.6) is 0 Å². The van der Waals surface area contributed by atoms with Gasteiger partial charge in [0.15, 0.2) is 0 Å². The van der Waals surface area contributed by atoms with Crippen LogP contribution in [0.25, 0.3) is 10.6 Å². The molecule has 2 fully saturated rings. The van der Waals surface area contributed by atoms with E-state index < -0.39 is 5.54 Å². The molecule has 142 valence electrons. The van der Waals surface area contributed by atoms with Gasteiger partial charge >= 0.3 is 6.03 Å². The van der Waals surface area contributed by atoms with Crippen LogP contribution in [-0.4, -0.2) is 27.4 Å². The van der Waals surface area contributed by atoms with E-state index in [1.165, 1.54) is 11.3 Å². The molecule has 1 spiro atoms. The van der Waals surface area contributed by atoms with Crippen molar-refractivity contribution in [3.05, 3.63) is 40.9 Å². The van der Waals surface area contributed by atoms with E-state index in [1.54, 1.807) is 11.3 Å². The zero-order valence-corrected chi connectivity index (χ0v) is 16.5. The molecule has 0 bridgehead atoms. The second-order valence-electron chi connectivity index (χ2n) is 7.56. The highest BCUT2D eigenvalue weighted by Crippen LogP contribution is 2.34. The number of thiazole rings is 1. The monoisotopic (exact) mass is 383 g/mol. The van der Waals surface area contributed by atoms with Crippen LogP contribution < -0.4 is 5.32 Å². The molecule has 6 heteroatoms. The normalized spacial score (nSPS) is 19.8. The zero-order valence-electron chi connectivity index (χ0n) is 15.7. The summed E-state index contributed by atoms with van der Waals surface area (Å²) in [5.74, 6) is -0.0524. The molecule has 1 aromatic heterocycles. The number of amides is 3. The van der Waals surface area contributed by atoms with Gasteiger partial charge in [-0.15, -0.1) is 11.3 Å². The maximum atomic E-state index is 13.2. The average molecular weight is 384 g/mol. The number of benzene rings is 1. The van der Waals surface area contributed by atoms with Gasteiger partial charge in [-0.1, -0.05) is 62.4 Å². The lowest BCUT2D eigenvalue weighted by Gasteiger charge is -2.28. The van der Waals surface area contributed by atoms with Crippen LogP contribution in [0.3, 0.4) is 0 Å². The van der Waals surface area contributed by atoms with Gasteiger partial charge in [-0.05, 0) is 19.8 Å². The van der Waals surface area contributed by atoms with Gasteiger partial charge in [0, 0.05) is 10.4 Å². The Balaban J connectivity index is 1.55. The first kappa shape index (κ1) is 18.2. The van der Waals surface area contributed by atoms with Crippen molar-refractivity contribution in [3.63, 3.8) is 0 Å². The highest BCUT2D eigenvalue weighted by atomic mass is 32.1. The molecule has 1 saturated carbocycles. The number of imide groups is 1. The molecule has 5 nitrogen and oxygen atoms in total. The highest BCUT2D eigenvalue weighted by Gasteiger charge is 2.50. The van der Waals surface area contributed by atoms with E-state index in [0.29, 0.717) is 6.54 Å². The first-order chi connectivity index (χ1) is 13.1. The lowest BCUT2D eigenvalue weighted by atomic mass is 9.84. The molecule has 27 heavy (non-hydrogen) atoms. The Hall–Kier alpha value is -2.21. The molecule has 0 atom stereocenters. The van der Waals surface area contributed by atoms with Crippen molar-refractivity contribution in [1.82, 2.24) is 15.2 Å². The van der Waals surface area contributed by atoms with Crippen LogP contribution in [0, 0.1) is 6.92 Å². The van der Waals surface area contributed by atoms with Crippen molar-refractivity contribution >= 4 is 23.3 Å². The van der Waals surface area contributed by atoms with Crippen LogP contribution in [0.15, 0.2) is 30.3 Å². The first-order valence-corrected chi connectivity index (χ1v) is 10.6. The van der Waals surface area contributed by atoms with E-state index in [9.17, 15) is 9.59 Å². The number of aryl methyl sites for hydroxylation is 1. The van der Waals surface area contributed by atoms with Crippen molar-refractivity contribution in [2.45, 2.75) is 64.0 Å². The van der Waals surface area contributed by atoms with Crippen LogP contribution >= 0.6 is 11.3 Å². The van der Waals surface area contributed by atoms with Crippen LogP contribution in [0.2, 0.25) is 0 Å². The Kier molecular flexibility index (Phi) is 5.00. The van der Waals surface area contributed by atoms with E-state index in [0.717, 1.165) is 59.7 Å². The summed E-state index contributed by atoms with van der Waals surface area (Å²) in [6, 6.07) is 9.75.